The molecule has 6 heteroatoms. The van der Waals surface area contributed by atoms with Crippen LogP contribution in [-0.4, -0.2) is 41.4 Å². The van der Waals surface area contributed by atoms with Gasteiger partial charge in [-0.05, 0) is 5.53 Å². The molecule has 2 unspecified atom stereocenters. The highest BCUT2D eigenvalue weighted by molar-refractivity contribution is 5.90. The molecule has 0 aromatic carbocycles. The van der Waals surface area contributed by atoms with Crippen LogP contribution >= 0.6 is 0 Å². The summed E-state index contributed by atoms with van der Waals surface area (Å²) < 4.78 is 0. The summed E-state index contributed by atoms with van der Waals surface area (Å²) in [5, 5.41) is 3.46. The number of likely N-dealkylation sites (N-methyl/N-ethyl adjacent to an activating group) is 1. The summed E-state index contributed by atoms with van der Waals surface area (Å²) in [7, 11) is 1.92. The minimum absolute atomic E-state index is 0.0263. The number of β-lactam (4-membered cyclic amide) rings is 1. The molecule has 0 bridgehead atoms. The van der Waals surface area contributed by atoms with Crippen LogP contribution in [0.15, 0.2) is 17.5 Å². The summed E-state index contributed by atoms with van der Waals surface area (Å²) in [5.74, 6) is -0.104. The van der Waals surface area contributed by atoms with Crippen molar-refractivity contribution in [2.24, 2.45) is 5.11 Å². The van der Waals surface area contributed by atoms with Crippen LogP contribution in [0.4, 0.5) is 0 Å². The Balaban J connectivity index is 2.18. The number of carbonyl (C=O) groups is 1. The van der Waals surface area contributed by atoms with E-state index >= 15 is 0 Å². The van der Waals surface area contributed by atoms with E-state index in [0.29, 0.717) is 0 Å². The maximum absolute atomic E-state index is 11.3. The van der Waals surface area contributed by atoms with Crippen LogP contribution in [0.1, 0.15) is 0 Å². The van der Waals surface area contributed by atoms with Crippen molar-refractivity contribution in [1.82, 2.24) is 9.80 Å². The number of azide groups is 1. The first-order chi connectivity index (χ1) is 6.24. The van der Waals surface area contributed by atoms with Crippen molar-refractivity contribution in [3.05, 3.63) is 22.8 Å². The van der Waals surface area contributed by atoms with Crippen LogP contribution in [0.2, 0.25) is 0 Å². The van der Waals surface area contributed by atoms with Crippen molar-refractivity contribution in [1.29, 1.82) is 0 Å². The van der Waals surface area contributed by atoms with E-state index in [2.05, 4.69) is 10.0 Å². The smallest absolute Gasteiger partial charge is 0.238 e. The molecule has 68 valence electrons. The van der Waals surface area contributed by atoms with Gasteiger partial charge in [-0.15, -0.1) is 0 Å². The molecule has 2 heterocycles. The highest BCUT2D eigenvalue weighted by Gasteiger charge is 2.47. The summed E-state index contributed by atoms with van der Waals surface area (Å²) >= 11 is 0. The Morgan fingerprint density at radius 2 is 2.46 bits per heavy atom. The van der Waals surface area contributed by atoms with Crippen molar-refractivity contribution in [3.63, 3.8) is 0 Å². The Labute approximate surface area is 75.0 Å². The Bertz CT molecular complexity index is 319. The maximum Gasteiger partial charge on any atom is 0.238 e. The topological polar surface area (TPSA) is 72.3 Å². The predicted molar refractivity (Wildman–Crippen MR) is 45.3 cm³/mol. The molecule has 2 aliphatic rings. The number of carbonyl (C=O) groups excluding carboxylic acids is 1. The maximum atomic E-state index is 11.3. The summed E-state index contributed by atoms with van der Waals surface area (Å²) in [5.41, 5.74) is 8.23. The first kappa shape index (κ1) is 7.94. The second-order valence-electron chi connectivity index (χ2n) is 3.20. The average Bonchev–Trinajstić information content (AvgIpc) is 2.14. The van der Waals surface area contributed by atoms with Gasteiger partial charge in [0, 0.05) is 30.9 Å². The number of hydrogen-bond acceptors (Lipinski definition) is 3. The van der Waals surface area contributed by atoms with Gasteiger partial charge in [0.1, 0.15) is 6.04 Å². The molecule has 2 aliphatic heterocycles. The third kappa shape index (κ3) is 1.03. The van der Waals surface area contributed by atoms with Gasteiger partial charge in [-0.3, -0.25) is 4.79 Å². The van der Waals surface area contributed by atoms with Crippen molar-refractivity contribution in [3.8, 4) is 0 Å². The second kappa shape index (κ2) is 2.67. The molecule has 1 amide bonds. The first-order valence-corrected chi connectivity index (χ1v) is 3.99. The SMILES string of the molecule is CN1C=CN2C(=O)C(N=[N+]=[N-])C2C1. The van der Waals surface area contributed by atoms with Crippen molar-refractivity contribution in [2.45, 2.75) is 12.1 Å². The van der Waals surface area contributed by atoms with Crippen LogP contribution in [0.25, 0.3) is 10.4 Å². The fourth-order valence-electron chi connectivity index (χ4n) is 1.65. The van der Waals surface area contributed by atoms with E-state index in [9.17, 15) is 4.79 Å². The molecule has 13 heavy (non-hydrogen) atoms. The number of hydrogen-bond donors (Lipinski definition) is 0. The van der Waals surface area contributed by atoms with Gasteiger partial charge in [-0.1, -0.05) is 5.11 Å². The molecule has 0 spiro atoms. The van der Waals surface area contributed by atoms with Crippen LogP contribution in [0.3, 0.4) is 0 Å². The number of rotatable bonds is 1. The van der Waals surface area contributed by atoms with E-state index in [1.54, 1.807) is 11.1 Å². The Kier molecular flexibility index (Phi) is 1.63. The minimum Gasteiger partial charge on any atom is -0.377 e. The fourth-order valence-corrected chi connectivity index (χ4v) is 1.65. The van der Waals surface area contributed by atoms with E-state index < -0.39 is 6.04 Å². The predicted octanol–water partition coefficient (Wildman–Crippen LogP) is 0.293. The van der Waals surface area contributed by atoms with Crippen molar-refractivity contribution in [2.75, 3.05) is 13.6 Å². The minimum atomic E-state index is -0.502. The lowest BCUT2D eigenvalue weighted by atomic mass is 9.95. The van der Waals surface area contributed by atoms with E-state index in [1.165, 1.54) is 0 Å². The number of fused-ring (bicyclic) bond motifs is 1. The molecule has 1 fully saturated rings. The molecule has 0 radical (unpaired) electrons. The van der Waals surface area contributed by atoms with Crippen LogP contribution < -0.4 is 0 Å². The van der Waals surface area contributed by atoms with Gasteiger partial charge in [0.05, 0.1) is 6.04 Å². The van der Waals surface area contributed by atoms with Crippen LogP contribution in [0, 0.1) is 0 Å². The Morgan fingerprint density at radius 3 is 3.15 bits per heavy atom. The molecule has 0 aromatic rings. The van der Waals surface area contributed by atoms with Gasteiger partial charge >= 0.3 is 0 Å². The molecule has 1 saturated heterocycles. The van der Waals surface area contributed by atoms with Crippen LogP contribution in [0.5, 0.6) is 0 Å². The molecule has 0 N–H and O–H groups in total. The van der Waals surface area contributed by atoms with E-state index in [1.807, 2.05) is 18.1 Å². The van der Waals surface area contributed by atoms with Gasteiger partial charge < -0.3 is 9.80 Å². The molecule has 0 aliphatic carbocycles. The van der Waals surface area contributed by atoms with Crippen LogP contribution in [-0.2, 0) is 4.79 Å². The van der Waals surface area contributed by atoms with E-state index in [-0.39, 0.29) is 11.9 Å². The summed E-state index contributed by atoms with van der Waals surface area (Å²) in [4.78, 5) is 17.5. The monoisotopic (exact) mass is 179 g/mol. The lowest BCUT2D eigenvalue weighted by Crippen LogP contribution is -2.65. The largest absolute Gasteiger partial charge is 0.377 e. The summed E-state index contributed by atoms with van der Waals surface area (Å²) in [6.45, 7) is 0.728. The highest BCUT2D eigenvalue weighted by Crippen LogP contribution is 2.27. The van der Waals surface area contributed by atoms with E-state index in [0.717, 1.165) is 6.54 Å². The first-order valence-electron chi connectivity index (χ1n) is 3.99. The quantitative estimate of drug-likeness (QED) is 0.251. The Hall–Kier alpha value is -1.68. The molecule has 2 atom stereocenters. The third-order valence-electron chi connectivity index (χ3n) is 2.36. The zero-order chi connectivity index (χ0) is 9.42. The lowest BCUT2D eigenvalue weighted by Gasteiger charge is -2.47. The zero-order valence-electron chi connectivity index (χ0n) is 7.16. The van der Waals surface area contributed by atoms with Gasteiger partial charge in [-0.25, -0.2) is 0 Å². The normalized spacial score (nSPS) is 30.7. The molecule has 0 aromatic heterocycles. The van der Waals surface area contributed by atoms with Gasteiger partial charge in [0.2, 0.25) is 5.91 Å². The van der Waals surface area contributed by atoms with Gasteiger partial charge in [0.25, 0.3) is 0 Å². The standard InChI is InChI=1S/C7H9N5O/c1-11-2-3-12-5(4-11)6(7(12)13)9-10-8/h2-3,5-6H,4H2,1H3. The molecular formula is C7H9N5O. The molecule has 6 nitrogen and oxygen atoms in total. The van der Waals surface area contributed by atoms with E-state index in [4.69, 9.17) is 5.53 Å². The van der Waals surface area contributed by atoms with Crippen molar-refractivity contribution < 1.29 is 4.79 Å². The van der Waals surface area contributed by atoms with Gasteiger partial charge in [-0.2, -0.15) is 0 Å². The lowest BCUT2D eigenvalue weighted by molar-refractivity contribution is -0.145. The number of nitrogens with zero attached hydrogens (tertiary/aromatic N) is 5. The molecule has 2 rings (SSSR count). The zero-order valence-corrected chi connectivity index (χ0v) is 7.16. The summed E-state index contributed by atoms with van der Waals surface area (Å²) in [6.07, 6.45) is 3.56. The Morgan fingerprint density at radius 1 is 1.69 bits per heavy atom. The third-order valence-corrected chi connectivity index (χ3v) is 2.36. The molecule has 0 saturated carbocycles. The molecular weight excluding hydrogens is 170 g/mol. The average molecular weight is 179 g/mol. The van der Waals surface area contributed by atoms with Gasteiger partial charge in [0.15, 0.2) is 0 Å². The highest BCUT2D eigenvalue weighted by atomic mass is 16.2. The summed E-state index contributed by atoms with van der Waals surface area (Å²) in [6, 6.07) is -0.476. The van der Waals surface area contributed by atoms with Crippen molar-refractivity contribution >= 4 is 5.91 Å². The number of amides is 1. The fraction of sp³-hybridized carbons (Fsp3) is 0.571. The second-order valence-corrected chi connectivity index (χ2v) is 3.20.